The molecule has 2 aromatic rings. The van der Waals surface area contributed by atoms with Crippen molar-refractivity contribution in [1.29, 1.82) is 0 Å². The minimum atomic E-state index is -5.18. The molecule has 5 nitrogen and oxygen atoms in total. The van der Waals surface area contributed by atoms with Gasteiger partial charge in [-0.2, -0.15) is 13.2 Å². The van der Waals surface area contributed by atoms with E-state index in [1.807, 2.05) is 36.4 Å². The molecule has 0 spiro atoms. The summed E-state index contributed by atoms with van der Waals surface area (Å²) in [4.78, 5) is 21.7. The van der Waals surface area contributed by atoms with E-state index >= 15 is 0 Å². The molecule has 1 N–H and O–H groups in total. The van der Waals surface area contributed by atoms with E-state index in [-0.39, 0.29) is 13.0 Å². The van der Waals surface area contributed by atoms with E-state index in [1.54, 1.807) is 12.1 Å². The van der Waals surface area contributed by atoms with Crippen molar-refractivity contribution >= 4 is 23.5 Å². The zero-order valence-electron chi connectivity index (χ0n) is 15.3. The second-order valence-corrected chi connectivity index (χ2v) is 6.51. The molecule has 9 heteroatoms. The fraction of sp³-hybridized carbons (Fsp3) is 0.300. The van der Waals surface area contributed by atoms with E-state index in [4.69, 9.17) is 16.3 Å². The molecule has 0 amide bonds. The van der Waals surface area contributed by atoms with E-state index in [1.165, 1.54) is 0 Å². The first-order valence-corrected chi connectivity index (χ1v) is 9.10. The van der Waals surface area contributed by atoms with Crippen LogP contribution in [0, 0.1) is 0 Å². The molecule has 0 aliphatic heterocycles. The highest BCUT2D eigenvalue weighted by molar-refractivity contribution is 6.30. The number of hydrogen-bond donors (Lipinski definition) is 1. The molecule has 0 aromatic heterocycles. The number of alkyl halides is 3. The lowest BCUT2D eigenvalue weighted by atomic mass is 10.1. The quantitative estimate of drug-likeness (QED) is 0.370. The van der Waals surface area contributed by atoms with Gasteiger partial charge in [0.25, 0.3) is 0 Å². The first-order chi connectivity index (χ1) is 13.7. The highest BCUT2D eigenvalue weighted by Crippen LogP contribution is 2.17. The molecule has 0 bridgehead atoms. The molecular weight excluding hydrogens is 411 g/mol. The molecular formula is C20H19ClF3NO4. The number of hydrogen-bond acceptors (Lipinski definition) is 5. The highest BCUT2D eigenvalue weighted by atomic mass is 35.5. The van der Waals surface area contributed by atoms with Gasteiger partial charge in [-0.1, -0.05) is 35.9 Å². The van der Waals surface area contributed by atoms with Crippen molar-refractivity contribution in [2.45, 2.75) is 25.6 Å². The van der Waals surface area contributed by atoms with Crippen LogP contribution in [0.1, 0.15) is 17.5 Å². The van der Waals surface area contributed by atoms with Gasteiger partial charge in [-0.25, -0.2) is 4.79 Å². The van der Waals surface area contributed by atoms with Crippen LogP contribution in [0.25, 0.3) is 0 Å². The van der Waals surface area contributed by atoms with E-state index in [2.05, 4.69) is 10.1 Å². The van der Waals surface area contributed by atoms with Crippen molar-refractivity contribution in [3.63, 3.8) is 0 Å². The van der Waals surface area contributed by atoms with Crippen LogP contribution in [0.4, 0.5) is 13.2 Å². The zero-order chi connectivity index (χ0) is 21.3. The number of benzene rings is 2. The Hall–Kier alpha value is -2.58. The van der Waals surface area contributed by atoms with Crippen LogP contribution in [0.5, 0.6) is 5.75 Å². The number of nitrogens with one attached hydrogen (secondary N) is 1. The zero-order valence-corrected chi connectivity index (χ0v) is 16.1. The maximum Gasteiger partial charge on any atom is 0.491 e. The van der Waals surface area contributed by atoms with Crippen molar-refractivity contribution in [2.24, 2.45) is 0 Å². The van der Waals surface area contributed by atoms with E-state index in [0.29, 0.717) is 30.3 Å². The first-order valence-electron chi connectivity index (χ1n) is 8.73. The Morgan fingerprint density at radius 2 is 1.72 bits per heavy atom. The van der Waals surface area contributed by atoms with Crippen LogP contribution in [-0.2, 0) is 27.4 Å². The number of halogens is 4. The van der Waals surface area contributed by atoms with Crippen LogP contribution in [0.2, 0.25) is 5.02 Å². The van der Waals surface area contributed by atoms with Crippen LogP contribution in [0.3, 0.4) is 0 Å². The van der Waals surface area contributed by atoms with Gasteiger partial charge in [0.1, 0.15) is 12.4 Å². The van der Waals surface area contributed by atoms with Gasteiger partial charge < -0.3 is 14.8 Å². The molecule has 0 unspecified atom stereocenters. The van der Waals surface area contributed by atoms with Crippen molar-refractivity contribution in [2.75, 3.05) is 13.1 Å². The van der Waals surface area contributed by atoms with Crippen molar-refractivity contribution in [3.05, 3.63) is 64.7 Å². The lowest BCUT2D eigenvalue weighted by Crippen LogP contribution is -2.29. The molecule has 2 rings (SSSR count). The van der Waals surface area contributed by atoms with Crippen molar-refractivity contribution in [3.8, 4) is 5.75 Å². The molecule has 29 heavy (non-hydrogen) atoms. The highest BCUT2D eigenvalue weighted by Gasteiger charge is 2.42. The van der Waals surface area contributed by atoms with Crippen LogP contribution in [-0.4, -0.2) is 31.2 Å². The Bertz CT molecular complexity index is 825. The normalized spacial score (nSPS) is 11.2. The van der Waals surface area contributed by atoms with Crippen LogP contribution >= 0.6 is 11.6 Å². The number of ether oxygens (including phenoxy) is 2. The van der Waals surface area contributed by atoms with Gasteiger partial charge in [-0.05, 0) is 48.4 Å². The summed E-state index contributed by atoms with van der Waals surface area (Å²) in [6.07, 6.45) is -4.90. The van der Waals surface area contributed by atoms with Gasteiger partial charge in [-0.15, -0.1) is 0 Å². The van der Waals surface area contributed by atoms with Crippen LogP contribution in [0.15, 0.2) is 48.5 Å². The predicted octanol–water partition coefficient (Wildman–Crippen LogP) is 4.07. The summed E-state index contributed by atoms with van der Waals surface area (Å²) in [6.45, 7) is 0.982. The average Bonchev–Trinajstić information content (AvgIpc) is 2.67. The number of esters is 2. The van der Waals surface area contributed by atoms with Crippen LogP contribution < -0.4 is 10.1 Å². The maximum atomic E-state index is 12.0. The van der Waals surface area contributed by atoms with Gasteiger partial charge in [0, 0.05) is 11.6 Å². The Labute approximate surface area is 170 Å². The van der Waals surface area contributed by atoms with E-state index in [9.17, 15) is 22.8 Å². The summed E-state index contributed by atoms with van der Waals surface area (Å²) < 4.78 is 45.4. The topological polar surface area (TPSA) is 64.6 Å². The number of carbonyl (C=O) groups is 2. The third-order valence-corrected chi connectivity index (χ3v) is 4.00. The minimum absolute atomic E-state index is 0.0940. The Balaban J connectivity index is 1.68. The predicted molar refractivity (Wildman–Crippen MR) is 101 cm³/mol. The van der Waals surface area contributed by atoms with Gasteiger partial charge in [0.2, 0.25) is 0 Å². The standard InChI is InChI=1S/C20H19ClF3NO4/c21-16-6-4-15(5-7-16)13-28-17-3-1-2-14(12-17)8-10-25-11-9-18(26)29-19(27)20(22,23)24/h1-7,12,25H,8-11,13H2. The summed E-state index contributed by atoms with van der Waals surface area (Å²) in [7, 11) is 0. The summed E-state index contributed by atoms with van der Waals surface area (Å²) in [5, 5.41) is 3.57. The molecule has 0 fully saturated rings. The lowest BCUT2D eigenvalue weighted by Gasteiger charge is -2.09. The van der Waals surface area contributed by atoms with E-state index < -0.39 is 18.1 Å². The lowest BCUT2D eigenvalue weighted by molar-refractivity contribution is -0.201. The molecule has 0 radical (unpaired) electrons. The molecule has 0 aliphatic carbocycles. The third-order valence-electron chi connectivity index (χ3n) is 3.75. The third kappa shape index (κ3) is 8.53. The second kappa shape index (κ2) is 10.8. The monoisotopic (exact) mass is 429 g/mol. The van der Waals surface area contributed by atoms with Gasteiger partial charge in [-0.3, -0.25) is 4.79 Å². The SMILES string of the molecule is O=C(CCNCCc1cccc(OCc2ccc(Cl)cc2)c1)OC(=O)C(F)(F)F. The van der Waals surface area contributed by atoms with Crippen molar-refractivity contribution < 1.29 is 32.2 Å². The fourth-order valence-corrected chi connectivity index (χ4v) is 2.42. The first kappa shape index (κ1) is 22.7. The summed E-state index contributed by atoms with van der Waals surface area (Å²) in [5.41, 5.74) is 1.97. The second-order valence-electron chi connectivity index (χ2n) is 6.07. The molecule has 0 saturated carbocycles. The fourth-order valence-electron chi connectivity index (χ4n) is 2.30. The molecule has 156 valence electrons. The largest absolute Gasteiger partial charge is 0.491 e. The molecule has 0 aliphatic rings. The Morgan fingerprint density at radius 1 is 1.00 bits per heavy atom. The molecule has 0 heterocycles. The summed E-state index contributed by atoms with van der Waals surface area (Å²) in [6, 6.07) is 14.8. The minimum Gasteiger partial charge on any atom is -0.489 e. The summed E-state index contributed by atoms with van der Waals surface area (Å²) in [5.74, 6) is -3.03. The van der Waals surface area contributed by atoms with Gasteiger partial charge >= 0.3 is 18.1 Å². The molecule has 0 saturated heterocycles. The van der Waals surface area contributed by atoms with Gasteiger partial charge in [0.05, 0.1) is 6.42 Å². The van der Waals surface area contributed by atoms with Crippen molar-refractivity contribution in [1.82, 2.24) is 5.32 Å². The average molecular weight is 430 g/mol. The maximum absolute atomic E-state index is 12.0. The molecule has 2 aromatic carbocycles. The summed E-state index contributed by atoms with van der Waals surface area (Å²) >= 11 is 5.85. The van der Waals surface area contributed by atoms with E-state index in [0.717, 1.165) is 11.1 Å². The Kier molecular flexibility index (Phi) is 8.48. The Morgan fingerprint density at radius 3 is 2.41 bits per heavy atom. The van der Waals surface area contributed by atoms with Gasteiger partial charge in [0.15, 0.2) is 0 Å². The number of carbonyl (C=O) groups excluding carboxylic acids is 2. The smallest absolute Gasteiger partial charge is 0.489 e. The molecule has 0 atom stereocenters. The number of rotatable bonds is 9.